The third-order valence-corrected chi connectivity index (χ3v) is 7.27. The Balaban J connectivity index is 1.28. The fourth-order valence-corrected chi connectivity index (χ4v) is 5.31. The minimum absolute atomic E-state index is 0.153. The zero-order chi connectivity index (χ0) is 24.7. The van der Waals surface area contributed by atoms with Crippen molar-refractivity contribution < 1.29 is 4.79 Å². The van der Waals surface area contributed by atoms with Crippen molar-refractivity contribution in [3.05, 3.63) is 131 Å². The van der Waals surface area contributed by atoms with E-state index in [1.165, 1.54) is 11.1 Å². The Kier molecular flexibility index (Phi) is 7.80. The molecule has 0 saturated carbocycles. The molecule has 4 aromatic carbocycles. The maximum absolute atomic E-state index is 13.3. The number of nitrogens with zero attached hydrogens (tertiary/aromatic N) is 2. The van der Waals surface area contributed by atoms with Gasteiger partial charge >= 0.3 is 0 Å². The molecular weight excluding hydrogens is 464 g/mol. The number of halogens is 1. The van der Waals surface area contributed by atoms with Crippen molar-refractivity contribution in [1.29, 1.82) is 0 Å². The van der Waals surface area contributed by atoms with Crippen LogP contribution in [0, 0.1) is 0 Å². The topological polar surface area (TPSA) is 23.6 Å². The van der Waals surface area contributed by atoms with Crippen LogP contribution < -0.4 is 0 Å². The second-order valence-electron chi connectivity index (χ2n) is 9.50. The van der Waals surface area contributed by atoms with Crippen molar-refractivity contribution in [3.8, 4) is 11.1 Å². The molecule has 1 amide bonds. The highest BCUT2D eigenvalue weighted by molar-refractivity contribution is 6.33. The molecule has 1 aliphatic rings. The Hall–Kier alpha value is -3.40. The number of piperazine rings is 1. The predicted octanol–water partition coefficient (Wildman–Crippen LogP) is 6.51. The molecule has 1 saturated heterocycles. The van der Waals surface area contributed by atoms with Crippen LogP contribution >= 0.6 is 11.6 Å². The van der Waals surface area contributed by atoms with Crippen LogP contribution in [0.1, 0.15) is 16.7 Å². The van der Waals surface area contributed by atoms with Crippen molar-refractivity contribution >= 4 is 17.5 Å². The quantitative estimate of drug-likeness (QED) is 0.292. The summed E-state index contributed by atoms with van der Waals surface area (Å²) >= 11 is 6.39. The largest absolute Gasteiger partial charge is 0.337 e. The maximum atomic E-state index is 13.3. The van der Waals surface area contributed by atoms with E-state index in [1.807, 2.05) is 54.6 Å². The molecule has 0 bridgehead atoms. The van der Waals surface area contributed by atoms with Crippen LogP contribution in [0.4, 0.5) is 0 Å². The van der Waals surface area contributed by atoms with Gasteiger partial charge in [0.25, 0.3) is 0 Å². The minimum atomic E-state index is 0.153. The average Bonchev–Trinajstić information content (AvgIpc) is 2.91. The fourth-order valence-electron chi connectivity index (χ4n) is 5.07. The molecule has 0 spiro atoms. The van der Waals surface area contributed by atoms with Gasteiger partial charge in [-0.1, -0.05) is 115 Å². The molecule has 1 atom stereocenters. The van der Waals surface area contributed by atoms with Crippen LogP contribution in [0.25, 0.3) is 11.1 Å². The van der Waals surface area contributed by atoms with Crippen molar-refractivity contribution in [2.24, 2.45) is 0 Å². The highest BCUT2D eigenvalue weighted by atomic mass is 35.5. The second-order valence-corrected chi connectivity index (χ2v) is 9.91. The van der Waals surface area contributed by atoms with E-state index in [4.69, 9.17) is 11.6 Å². The number of carbonyl (C=O) groups is 1. The van der Waals surface area contributed by atoms with Crippen LogP contribution in [0.5, 0.6) is 0 Å². The molecule has 0 radical (unpaired) electrons. The summed E-state index contributed by atoms with van der Waals surface area (Å²) in [5.41, 5.74) is 5.79. The van der Waals surface area contributed by atoms with Gasteiger partial charge in [0.1, 0.15) is 0 Å². The number of benzene rings is 4. The zero-order valence-electron chi connectivity index (χ0n) is 20.4. The van der Waals surface area contributed by atoms with Crippen molar-refractivity contribution in [2.75, 3.05) is 19.6 Å². The SMILES string of the molecule is O=C(Cc1ccccc1)N1CCN(Cc2ccc(-c3ccccc3Cl)cc2)C[C@@H]1Cc1ccccc1. The van der Waals surface area contributed by atoms with Crippen molar-refractivity contribution in [3.63, 3.8) is 0 Å². The first-order valence-electron chi connectivity index (χ1n) is 12.6. The minimum Gasteiger partial charge on any atom is -0.337 e. The smallest absolute Gasteiger partial charge is 0.227 e. The monoisotopic (exact) mass is 494 g/mol. The van der Waals surface area contributed by atoms with Gasteiger partial charge in [-0.3, -0.25) is 9.69 Å². The summed E-state index contributed by atoms with van der Waals surface area (Å²) in [6.07, 6.45) is 1.32. The maximum Gasteiger partial charge on any atom is 0.227 e. The Morgan fingerprint density at radius 2 is 1.36 bits per heavy atom. The zero-order valence-corrected chi connectivity index (χ0v) is 21.1. The summed E-state index contributed by atoms with van der Waals surface area (Å²) in [5, 5.41) is 0.769. The first-order chi connectivity index (χ1) is 17.7. The van der Waals surface area contributed by atoms with Gasteiger partial charge < -0.3 is 4.90 Å². The average molecular weight is 495 g/mol. The molecule has 0 unspecified atom stereocenters. The van der Waals surface area contributed by atoms with Gasteiger partial charge in [0.2, 0.25) is 5.91 Å². The summed E-state index contributed by atoms with van der Waals surface area (Å²) in [4.78, 5) is 17.9. The molecule has 36 heavy (non-hydrogen) atoms. The van der Waals surface area contributed by atoms with E-state index in [0.29, 0.717) is 6.42 Å². The number of rotatable bonds is 7. The molecule has 4 heteroatoms. The Morgan fingerprint density at radius 3 is 2.06 bits per heavy atom. The lowest BCUT2D eigenvalue weighted by atomic mass is 10.00. The van der Waals surface area contributed by atoms with E-state index >= 15 is 0 Å². The van der Waals surface area contributed by atoms with Gasteiger partial charge in [0, 0.05) is 42.8 Å². The molecule has 4 aromatic rings. The fraction of sp³-hybridized carbons (Fsp3) is 0.219. The molecule has 3 nitrogen and oxygen atoms in total. The summed E-state index contributed by atoms with van der Waals surface area (Å²) in [5.74, 6) is 0.214. The van der Waals surface area contributed by atoms with E-state index in [0.717, 1.165) is 54.3 Å². The van der Waals surface area contributed by atoms with E-state index < -0.39 is 0 Å². The van der Waals surface area contributed by atoms with Gasteiger partial charge in [0.05, 0.1) is 6.42 Å². The van der Waals surface area contributed by atoms with Crippen LogP contribution in [-0.4, -0.2) is 41.4 Å². The number of amides is 1. The molecule has 1 fully saturated rings. The van der Waals surface area contributed by atoms with Gasteiger partial charge in [-0.25, -0.2) is 0 Å². The molecule has 5 rings (SSSR count). The molecule has 0 N–H and O–H groups in total. The molecule has 0 aliphatic carbocycles. The summed E-state index contributed by atoms with van der Waals surface area (Å²) in [6, 6.07) is 37.4. The Morgan fingerprint density at radius 1 is 0.722 bits per heavy atom. The third kappa shape index (κ3) is 6.04. The standard InChI is InChI=1S/C32H31ClN2O/c33-31-14-8-7-13-30(31)28-17-15-27(16-18-28)23-34-19-20-35(32(36)22-26-11-5-2-6-12-26)29(24-34)21-25-9-3-1-4-10-25/h1-18,29H,19-24H2/t29-/m0/s1. The van der Waals surface area contributed by atoms with E-state index in [2.05, 4.69) is 64.4 Å². The van der Waals surface area contributed by atoms with Crippen LogP contribution in [0.2, 0.25) is 5.02 Å². The van der Waals surface area contributed by atoms with Gasteiger partial charge in [-0.15, -0.1) is 0 Å². The first-order valence-corrected chi connectivity index (χ1v) is 13.0. The van der Waals surface area contributed by atoms with Crippen molar-refractivity contribution in [2.45, 2.75) is 25.4 Å². The highest BCUT2D eigenvalue weighted by Gasteiger charge is 2.30. The van der Waals surface area contributed by atoms with E-state index in [9.17, 15) is 4.79 Å². The lowest BCUT2D eigenvalue weighted by Gasteiger charge is -2.42. The number of hydrogen-bond donors (Lipinski definition) is 0. The molecular formula is C32H31ClN2O. The van der Waals surface area contributed by atoms with Crippen LogP contribution in [0.15, 0.2) is 109 Å². The second kappa shape index (κ2) is 11.6. The summed E-state index contributed by atoms with van der Waals surface area (Å²) in [7, 11) is 0. The number of hydrogen-bond acceptors (Lipinski definition) is 2. The Bertz CT molecular complexity index is 1270. The third-order valence-electron chi connectivity index (χ3n) is 6.94. The van der Waals surface area contributed by atoms with Gasteiger partial charge in [-0.2, -0.15) is 0 Å². The number of carbonyl (C=O) groups excluding carboxylic acids is 1. The lowest BCUT2D eigenvalue weighted by Crippen LogP contribution is -2.56. The van der Waals surface area contributed by atoms with Crippen LogP contribution in [0.3, 0.4) is 0 Å². The van der Waals surface area contributed by atoms with Gasteiger partial charge in [-0.05, 0) is 34.7 Å². The Labute approximate surface area is 219 Å². The molecule has 182 valence electrons. The van der Waals surface area contributed by atoms with Crippen LogP contribution in [-0.2, 0) is 24.2 Å². The molecule has 0 aromatic heterocycles. The summed E-state index contributed by atoms with van der Waals surface area (Å²) in [6.45, 7) is 3.36. The van der Waals surface area contributed by atoms with E-state index in [-0.39, 0.29) is 11.9 Å². The first kappa shape index (κ1) is 24.3. The lowest BCUT2D eigenvalue weighted by molar-refractivity contribution is -0.135. The van der Waals surface area contributed by atoms with E-state index in [1.54, 1.807) is 0 Å². The van der Waals surface area contributed by atoms with Gasteiger partial charge in [0.15, 0.2) is 0 Å². The normalized spacial score (nSPS) is 16.1. The van der Waals surface area contributed by atoms with Crippen molar-refractivity contribution in [1.82, 2.24) is 9.80 Å². The summed E-state index contributed by atoms with van der Waals surface area (Å²) < 4.78 is 0. The highest BCUT2D eigenvalue weighted by Crippen LogP contribution is 2.28. The predicted molar refractivity (Wildman–Crippen MR) is 148 cm³/mol. The molecule has 1 aliphatic heterocycles. The molecule has 1 heterocycles.